The Hall–Kier alpha value is -2.33. The molecule has 4 nitrogen and oxygen atoms in total. The fraction of sp³-hybridized carbons (Fsp3) is 0.222. The minimum Gasteiger partial charge on any atom is -0.493 e. The monoisotopic (exact) mass is 331 g/mol. The predicted molar refractivity (Wildman–Crippen MR) is 89.9 cm³/mol. The fourth-order valence-corrected chi connectivity index (χ4v) is 2.06. The van der Waals surface area contributed by atoms with Crippen LogP contribution < -0.4 is 10.1 Å². The number of Topliss-reactive ketones (excluding diaryl/α,β-unsaturated/α-hetero) is 1. The molecule has 0 atom stereocenters. The van der Waals surface area contributed by atoms with Crippen LogP contribution in [0.4, 0.5) is 0 Å². The third-order valence-electron chi connectivity index (χ3n) is 3.26. The molecule has 0 unspecified atom stereocenters. The normalized spacial score (nSPS) is 10.2. The van der Waals surface area contributed by atoms with Crippen LogP contribution in [0, 0.1) is 0 Å². The molecule has 2 aromatic carbocycles. The van der Waals surface area contributed by atoms with Gasteiger partial charge in [0.25, 0.3) is 0 Å². The van der Waals surface area contributed by atoms with Crippen LogP contribution in [0.15, 0.2) is 48.5 Å². The van der Waals surface area contributed by atoms with E-state index in [0.717, 1.165) is 5.56 Å². The molecule has 1 amide bonds. The lowest BCUT2D eigenvalue weighted by Gasteiger charge is -2.08. The summed E-state index contributed by atoms with van der Waals surface area (Å²) in [5.41, 5.74) is 1.63. The van der Waals surface area contributed by atoms with Crippen LogP contribution in [0.25, 0.3) is 0 Å². The molecule has 0 bridgehead atoms. The minimum atomic E-state index is -0.0830. The molecular weight excluding hydrogens is 314 g/mol. The molecule has 0 saturated heterocycles. The number of benzene rings is 2. The Labute approximate surface area is 140 Å². The van der Waals surface area contributed by atoms with Crippen LogP contribution in [-0.2, 0) is 11.3 Å². The van der Waals surface area contributed by atoms with Gasteiger partial charge in [-0.1, -0.05) is 23.7 Å². The zero-order valence-electron chi connectivity index (χ0n) is 12.8. The van der Waals surface area contributed by atoms with Gasteiger partial charge in [-0.2, -0.15) is 0 Å². The Kier molecular flexibility index (Phi) is 6.18. The number of carbonyl (C=O) groups excluding carboxylic acids is 2. The van der Waals surface area contributed by atoms with Gasteiger partial charge in [-0.25, -0.2) is 0 Å². The van der Waals surface area contributed by atoms with Gasteiger partial charge in [0.05, 0.1) is 13.0 Å². The molecule has 0 aliphatic rings. The molecule has 2 rings (SSSR count). The number of halogens is 1. The second kappa shape index (κ2) is 8.34. The zero-order valence-corrected chi connectivity index (χ0v) is 13.6. The van der Waals surface area contributed by atoms with Gasteiger partial charge in [0.2, 0.25) is 5.91 Å². The first-order valence-corrected chi connectivity index (χ1v) is 7.67. The molecule has 0 radical (unpaired) electrons. The van der Waals surface area contributed by atoms with Crippen LogP contribution in [-0.4, -0.2) is 18.3 Å². The summed E-state index contributed by atoms with van der Waals surface area (Å²) in [7, 11) is 0. The van der Waals surface area contributed by atoms with E-state index in [4.69, 9.17) is 16.3 Å². The van der Waals surface area contributed by atoms with Gasteiger partial charge in [-0.3, -0.25) is 9.59 Å². The first kappa shape index (κ1) is 17.0. The van der Waals surface area contributed by atoms with Crippen molar-refractivity contribution in [2.24, 2.45) is 0 Å². The van der Waals surface area contributed by atoms with Crippen LogP contribution in [0.5, 0.6) is 5.75 Å². The quantitative estimate of drug-likeness (QED) is 0.788. The van der Waals surface area contributed by atoms with Crippen molar-refractivity contribution in [1.29, 1.82) is 0 Å². The second-order valence-corrected chi connectivity index (χ2v) is 5.52. The lowest BCUT2D eigenvalue weighted by molar-refractivity contribution is -0.121. The standard InChI is InChI=1S/C18H18ClNO3/c1-13(21)15-4-8-17(9-5-15)23-11-10-18(22)20-12-14-2-6-16(19)7-3-14/h2-9H,10-12H2,1H3,(H,20,22). The van der Waals surface area contributed by atoms with Gasteiger partial charge in [-0.05, 0) is 48.9 Å². The molecule has 0 aliphatic heterocycles. The summed E-state index contributed by atoms with van der Waals surface area (Å²) in [5.74, 6) is 0.568. The smallest absolute Gasteiger partial charge is 0.223 e. The maximum Gasteiger partial charge on any atom is 0.223 e. The van der Waals surface area contributed by atoms with Crippen molar-refractivity contribution in [3.05, 3.63) is 64.7 Å². The lowest BCUT2D eigenvalue weighted by Crippen LogP contribution is -2.24. The van der Waals surface area contributed by atoms with E-state index in [1.54, 1.807) is 36.4 Å². The van der Waals surface area contributed by atoms with Crippen LogP contribution in [0.1, 0.15) is 29.3 Å². The molecule has 2 aromatic rings. The Morgan fingerprint density at radius 3 is 2.30 bits per heavy atom. The highest BCUT2D eigenvalue weighted by Crippen LogP contribution is 2.13. The zero-order chi connectivity index (χ0) is 16.7. The maximum absolute atomic E-state index is 11.8. The number of rotatable bonds is 7. The maximum atomic E-state index is 11.8. The summed E-state index contributed by atoms with van der Waals surface area (Å²) in [6, 6.07) is 14.2. The topological polar surface area (TPSA) is 55.4 Å². The van der Waals surface area contributed by atoms with E-state index in [-0.39, 0.29) is 24.7 Å². The largest absolute Gasteiger partial charge is 0.493 e. The van der Waals surface area contributed by atoms with Gasteiger partial charge in [0.15, 0.2) is 5.78 Å². The number of ether oxygens (including phenoxy) is 1. The second-order valence-electron chi connectivity index (χ2n) is 5.08. The lowest BCUT2D eigenvalue weighted by atomic mass is 10.1. The fourth-order valence-electron chi connectivity index (χ4n) is 1.94. The third-order valence-corrected chi connectivity index (χ3v) is 3.51. The van der Waals surface area contributed by atoms with Crippen LogP contribution in [0.3, 0.4) is 0 Å². The summed E-state index contributed by atoms with van der Waals surface area (Å²) >= 11 is 5.81. The van der Waals surface area contributed by atoms with Gasteiger partial charge in [0.1, 0.15) is 5.75 Å². The first-order valence-electron chi connectivity index (χ1n) is 7.29. The molecule has 120 valence electrons. The van der Waals surface area contributed by atoms with Gasteiger partial charge in [0, 0.05) is 17.1 Å². The molecule has 0 spiro atoms. The highest BCUT2D eigenvalue weighted by molar-refractivity contribution is 6.30. The molecule has 0 fully saturated rings. The van der Waals surface area contributed by atoms with E-state index >= 15 is 0 Å². The first-order chi connectivity index (χ1) is 11.0. The molecule has 5 heteroatoms. The Bertz CT molecular complexity index is 666. The van der Waals surface area contributed by atoms with Gasteiger partial charge >= 0.3 is 0 Å². The predicted octanol–water partition coefficient (Wildman–Crippen LogP) is 3.63. The van der Waals surface area contributed by atoms with E-state index < -0.39 is 0 Å². The van der Waals surface area contributed by atoms with E-state index in [9.17, 15) is 9.59 Å². The van der Waals surface area contributed by atoms with Crippen LogP contribution in [0.2, 0.25) is 5.02 Å². The van der Waals surface area contributed by atoms with Crippen molar-refractivity contribution in [3.8, 4) is 5.75 Å². The Morgan fingerprint density at radius 1 is 1.04 bits per heavy atom. The Morgan fingerprint density at radius 2 is 1.70 bits per heavy atom. The molecule has 0 heterocycles. The average Bonchev–Trinajstić information content (AvgIpc) is 2.55. The summed E-state index contributed by atoms with van der Waals surface area (Å²) < 4.78 is 5.49. The van der Waals surface area contributed by atoms with Crippen molar-refractivity contribution >= 4 is 23.3 Å². The van der Waals surface area contributed by atoms with Crippen LogP contribution >= 0.6 is 11.6 Å². The van der Waals surface area contributed by atoms with Crippen molar-refractivity contribution in [2.75, 3.05) is 6.61 Å². The number of hydrogen-bond donors (Lipinski definition) is 1. The molecule has 0 aliphatic carbocycles. The number of ketones is 1. The van der Waals surface area contributed by atoms with Gasteiger partial charge in [-0.15, -0.1) is 0 Å². The number of amides is 1. The molecular formula is C18H18ClNO3. The highest BCUT2D eigenvalue weighted by atomic mass is 35.5. The molecule has 0 saturated carbocycles. The van der Waals surface area contributed by atoms with Crippen molar-refractivity contribution in [2.45, 2.75) is 19.9 Å². The van der Waals surface area contributed by atoms with E-state index in [2.05, 4.69) is 5.32 Å². The Balaban J connectivity index is 1.70. The summed E-state index contributed by atoms with van der Waals surface area (Å²) in [6.07, 6.45) is 0.266. The van der Waals surface area contributed by atoms with E-state index in [1.807, 2.05) is 12.1 Å². The van der Waals surface area contributed by atoms with Crippen molar-refractivity contribution < 1.29 is 14.3 Å². The molecule has 23 heavy (non-hydrogen) atoms. The molecule has 1 N–H and O–H groups in total. The number of carbonyl (C=O) groups is 2. The summed E-state index contributed by atoms with van der Waals surface area (Å²) in [6.45, 7) is 2.26. The van der Waals surface area contributed by atoms with Crippen molar-refractivity contribution in [3.63, 3.8) is 0 Å². The highest BCUT2D eigenvalue weighted by Gasteiger charge is 2.03. The number of nitrogens with one attached hydrogen (secondary N) is 1. The van der Waals surface area contributed by atoms with Crippen molar-refractivity contribution in [1.82, 2.24) is 5.32 Å². The summed E-state index contributed by atoms with van der Waals surface area (Å²) in [5, 5.41) is 3.49. The van der Waals surface area contributed by atoms with Gasteiger partial charge < -0.3 is 10.1 Å². The average molecular weight is 332 g/mol. The molecule has 0 aromatic heterocycles. The SMILES string of the molecule is CC(=O)c1ccc(OCCC(=O)NCc2ccc(Cl)cc2)cc1. The van der Waals surface area contributed by atoms with E-state index in [0.29, 0.717) is 22.9 Å². The van der Waals surface area contributed by atoms with E-state index in [1.165, 1.54) is 6.92 Å². The number of hydrogen-bond acceptors (Lipinski definition) is 3. The third kappa shape index (κ3) is 5.75. The minimum absolute atomic E-state index is 0.0122. The summed E-state index contributed by atoms with van der Waals surface area (Å²) in [4.78, 5) is 22.9.